The highest BCUT2D eigenvalue weighted by molar-refractivity contribution is 6.01. The molecule has 0 atom stereocenters. The third-order valence-electron chi connectivity index (χ3n) is 5.82. The number of carboxylic acid groups (broad SMARTS) is 1. The van der Waals surface area contributed by atoms with Gasteiger partial charge in [0.15, 0.2) is 0 Å². The number of aryl methyl sites for hydroxylation is 1. The van der Waals surface area contributed by atoms with E-state index >= 15 is 0 Å². The lowest BCUT2D eigenvalue weighted by molar-refractivity contribution is -0.149. The van der Waals surface area contributed by atoms with E-state index in [-0.39, 0.29) is 12.5 Å². The third-order valence-corrected chi connectivity index (χ3v) is 5.82. The van der Waals surface area contributed by atoms with Gasteiger partial charge in [0.1, 0.15) is 12.1 Å². The van der Waals surface area contributed by atoms with E-state index in [1.165, 1.54) is 4.90 Å². The van der Waals surface area contributed by atoms with Crippen molar-refractivity contribution in [2.75, 3.05) is 11.4 Å². The Morgan fingerprint density at radius 2 is 1.92 bits per heavy atom. The molecule has 1 heterocycles. The van der Waals surface area contributed by atoms with Gasteiger partial charge in [-0.25, -0.2) is 4.79 Å². The maximum atomic E-state index is 12.6. The molecule has 2 amide bonds. The number of hydrogen-bond donors (Lipinski definition) is 2. The van der Waals surface area contributed by atoms with Crippen molar-refractivity contribution in [3.05, 3.63) is 29.8 Å². The number of aliphatic carboxylic acids is 1. The minimum Gasteiger partial charge on any atom is -0.480 e. The molecule has 0 unspecified atom stereocenters. The Hall–Kier alpha value is -2.37. The fourth-order valence-electron chi connectivity index (χ4n) is 4.09. The number of rotatable bonds is 5. The van der Waals surface area contributed by atoms with E-state index in [0.29, 0.717) is 31.6 Å². The van der Waals surface area contributed by atoms with Crippen LogP contribution < -0.4 is 10.2 Å². The van der Waals surface area contributed by atoms with E-state index < -0.39 is 17.4 Å². The number of benzene rings is 1. The van der Waals surface area contributed by atoms with Gasteiger partial charge in [-0.05, 0) is 49.7 Å². The van der Waals surface area contributed by atoms with Crippen molar-refractivity contribution >= 4 is 23.5 Å². The molecule has 2 N–H and O–H groups in total. The Morgan fingerprint density at radius 3 is 2.58 bits per heavy atom. The first-order valence-electron chi connectivity index (χ1n) is 9.38. The first-order valence-corrected chi connectivity index (χ1v) is 9.38. The lowest BCUT2D eigenvalue weighted by atomic mass is 9.75. The van der Waals surface area contributed by atoms with Gasteiger partial charge >= 0.3 is 5.97 Å². The van der Waals surface area contributed by atoms with Gasteiger partial charge in [0.2, 0.25) is 11.8 Å². The Kier molecular flexibility index (Phi) is 5.30. The highest BCUT2D eigenvalue weighted by atomic mass is 16.4. The second kappa shape index (κ2) is 7.48. The summed E-state index contributed by atoms with van der Waals surface area (Å²) in [6.45, 7) is 1.97. The maximum absolute atomic E-state index is 12.6. The summed E-state index contributed by atoms with van der Waals surface area (Å²) in [6.07, 6.45) is 4.55. The molecule has 1 fully saturated rings. The molecule has 1 saturated carbocycles. The third kappa shape index (κ3) is 3.59. The summed E-state index contributed by atoms with van der Waals surface area (Å²) in [6, 6.07) is 7.54. The Bertz CT molecular complexity index is 708. The van der Waals surface area contributed by atoms with Gasteiger partial charge in [0.25, 0.3) is 0 Å². The van der Waals surface area contributed by atoms with Gasteiger partial charge in [-0.2, -0.15) is 0 Å². The Balaban J connectivity index is 1.72. The maximum Gasteiger partial charge on any atom is 0.329 e. The number of anilines is 1. The molecule has 0 spiro atoms. The van der Waals surface area contributed by atoms with Crippen LogP contribution in [0.4, 0.5) is 5.69 Å². The van der Waals surface area contributed by atoms with Crippen LogP contribution >= 0.6 is 0 Å². The van der Waals surface area contributed by atoms with Gasteiger partial charge < -0.3 is 15.3 Å². The molecule has 6 heteroatoms. The molecule has 26 heavy (non-hydrogen) atoms. The number of para-hydroxylation sites is 1. The molecule has 1 aliphatic carbocycles. The molecular weight excluding hydrogens is 332 g/mol. The standard InChI is InChI=1S/C20H26N2O4/c1-2-14-9-11-20(12-10-14,19(25)26)21-17(23)13-22-16-6-4-3-5-15(16)7-8-18(22)24/h3-6,14H,2,7-13H2,1H3,(H,21,23)(H,25,26). The summed E-state index contributed by atoms with van der Waals surface area (Å²) >= 11 is 0. The van der Waals surface area contributed by atoms with E-state index in [2.05, 4.69) is 12.2 Å². The van der Waals surface area contributed by atoms with Crippen LogP contribution in [-0.2, 0) is 20.8 Å². The molecule has 1 aromatic rings. The first-order chi connectivity index (χ1) is 12.4. The smallest absolute Gasteiger partial charge is 0.329 e. The van der Waals surface area contributed by atoms with Crippen LogP contribution in [0, 0.1) is 5.92 Å². The van der Waals surface area contributed by atoms with Crippen LogP contribution in [0.3, 0.4) is 0 Å². The summed E-state index contributed by atoms with van der Waals surface area (Å²) in [5.41, 5.74) is 0.579. The summed E-state index contributed by atoms with van der Waals surface area (Å²) in [4.78, 5) is 38.3. The number of fused-ring (bicyclic) bond motifs is 1. The summed E-state index contributed by atoms with van der Waals surface area (Å²) in [5, 5.41) is 12.5. The summed E-state index contributed by atoms with van der Waals surface area (Å²) in [7, 11) is 0. The second-order valence-corrected chi connectivity index (χ2v) is 7.40. The lowest BCUT2D eigenvalue weighted by Gasteiger charge is -2.38. The van der Waals surface area contributed by atoms with E-state index in [1.54, 1.807) is 0 Å². The zero-order chi connectivity index (χ0) is 18.7. The van der Waals surface area contributed by atoms with Crippen molar-refractivity contribution in [1.29, 1.82) is 0 Å². The number of amides is 2. The summed E-state index contributed by atoms with van der Waals surface area (Å²) < 4.78 is 0. The minimum atomic E-state index is -1.21. The van der Waals surface area contributed by atoms with Crippen molar-refractivity contribution in [2.45, 2.75) is 57.4 Å². The van der Waals surface area contributed by atoms with Crippen LogP contribution in [0.15, 0.2) is 24.3 Å². The topological polar surface area (TPSA) is 86.7 Å². The molecule has 0 radical (unpaired) electrons. The minimum absolute atomic E-state index is 0.0992. The fraction of sp³-hybridized carbons (Fsp3) is 0.550. The molecule has 0 saturated heterocycles. The molecule has 2 aliphatic rings. The van der Waals surface area contributed by atoms with Crippen LogP contribution in [0.2, 0.25) is 0 Å². The normalized spacial score (nSPS) is 25.5. The van der Waals surface area contributed by atoms with Crippen molar-refractivity contribution in [2.24, 2.45) is 5.92 Å². The van der Waals surface area contributed by atoms with Crippen molar-refractivity contribution in [3.8, 4) is 0 Å². The zero-order valence-corrected chi connectivity index (χ0v) is 15.2. The highest BCUT2D eigenvalue weighted by Crippen LogP contribution is 2.34. The van der Waals surface area contributed by atoms with Crippen molar-refractivity contribution in [1.82, 2.24) is 5.32 Å². The van der Waals surface area contributed by atoms with Crippen molar-refractivity contribution in [3.63, 3.8) is 0 Å². The SMILES string of the molecule is CCC1CCC(NC(=O)CN2C(=O)CCc3ccccc32)(C(=O)O)CC1. The quantitative estimate of drug-likeness (QED) is 0.847. The second-order valence-electron chi connectivity index (χ2n) is 7.40. The number of nitrogens with one attached hydrogen (secondary N) is 1. The monoisotopic (exact) mass is 358 g/mol. The number of nitrogens with zero attached hydrogens (tertiary/aromatic N) is 1. The Morgan fingerprint density at radius 1 is 1.23 bits per heavy atom. The van der Waals surface area contributed by atoms with E-state index in [0.717, 1.165) is 30.5 Å². The molecular formula is C20H26N2O4. The number of carboxylic acids is 1. The van der Waals surface area contributed by atoms with Gasteiger partial charge in [-0.15, -0.1) is 0 Å². The number of carbonyl (C=O) groups excluding carboxylic acids is 2. The van der Waals surface area contributed by atoms with Crippen LogP contribution in [0.25, 0.3) is 0 Å². The molecule has 3 rings (SSSR count). The fourth-order valence-corrected chi connectivity index (χ4v) is 4.09. The number of carbonyl (C=O) groups is 3. The predicted octanol–water partition coefficient (Wildman–Crippen LogP) is 2.51. The lowest BCUT2D eigenvalue weighted by Crippen LogP contribution is -2.58. The van der Waals surface area contributed by atoms with E-state index in [1.807, 2.05) is 24.3 Å². The van der Waals surface area contributed by atoms with E-state index in [4.69, 9.17) is 0 Å². The zero-order valence-electron chi connectivity index (χ0n) is 15.2. The summed E-state index contributed by atoms with van der Waals surface area (Å²) in [5.74, 6) is -0.967. The number of hydrogen-bond acceptors (Lipinski definition) is 3. The largest absolute Gasteiger partial charge is 0.480 e. The molecule has 6 nitrogen and oxygen atoms in total. The Labute approximate surface area is 153 Å². The van der Waals surface area contributed by atoms with Crippen LogP contribution in [-0.4, -0.2) is 35.0 Å². The van der Waals surface area contributed by atoms with Gasteiger partial charge in [-0.1, -0.05) is 31.5 Å². The molecule has 140 valence electrons. The molecule has 1 aliphatic heterocycles. The average Bonchev–Trinajstić information content (AvgIpc) is 2.64. The highest BCUT2D eigenvalue weighted by Gasteiger charge is 2.43. The van der Waals surface area contributed by atoms with Gasteiger partial charge in [0.05, 0.1) is 0 Å². The molecule has 0 aromatic heterocycles. The van der Waals surface area contributed by atoms with Gasteiger partial charge in [0, 0.05) is 12.1 Å². The molecule has 0 bridgehead atoms. The van der Waals surface area contributed by atoms with Crippen LogP contribution in [0.1, 0.15) is 51.0 Å². The van der Waals surface area contributed by atoms with Crippen LogP contribution in [0.5, 0.6) is 0 Å². The predicted molar refractivity (Wildman–Crippen MR) is 97.9 cm³/mol. The van der Waals surface area contributed by atoms with Crippen molar-refractivity contribution < 1.29 is 19.5 Å². The average molecular weight is 358 g/mol. The van der Waals surface area contributed by atoms with E-state index in [9.17, 15) is 19.5 Å². The molecule has 1 aromatic carbocycles. The first kappa shape index (κ1) is 18.4. The van der Waals surface area contributed by atoms with Gasteiger partial charge in [-0.3, -0.25) is 9.59 Å².